The highest BCUT2D eigenvalue weighted by Gasteiger charge is 1.97. The second kappa shape index (κ2) is 1.76. The molecule has 0 aliphatic rings. The van der Waals surface area contributed by atoms with E-state index in [0.29, 0.717) is 0 Å². The fraction of sp³-hybridized carbons (Fsp3) is 0.167. The standard InChI is InChI=1S/C6H7N3O/c1-10-9-5-4-8-6(9)2-3-7-8/h2-5H,1H3. The molecule has 0 aromatic carbocycles. The Kier molecular flexibility index (Phi) is 0.943. The summed E-state index contributed by atoms with van der Waals surface area (Å²) in [5.74, 6) is 0. The zero-order chi connectivity index (χ0) is 6.97. The van der Waals surface area contributed by atoms with Crippen molar-refractivity contribution in [1.82, 2.24) is 14.3 Å². The van der Waals surface area contributed by atoms with Crippen molar-refractivity contribution in [3.05, 3.63) is 24.7 Å². The molecule has 2 rings (SSSR count). The Morgan fingerprint density at radius 2 is 2.40 bits per heavy atom. The first-order valence-electron chi connectivity index (χ1n) is 2.97. The quantitative estimate of drug-likeness (QED) is 0.562. The maximum Gasteiger partial charge on any atom is 0.170 e. The summed E-state index contributed by atoms with van der Waals surface area (Å²) in [4.78, 5) is 4.98. The highest BCUT2D eigenvalue weighted by Crippen LogP contribution is 1.99. The van der Waals surface area contributed by atoms with Gasteiger partial charge in [0, 0.05) is 6.07 Å². The summed E-state index contributed by atoms with van der Waals surface area (Å²) in [6.45, 7) is 0. The van der Waals surface area contributed by atoms with Gasteiger partial charge in [-0.15, -0.1) is 0 Å². The fourth-order valence-corrected chi connectivity index (χ4v) is 0.951. The van der Waals surface area contributed by atoms with Gasteiger partial charge in [-0.2, -0.15) is 9.83 Å². The minimum absolute atomic E-state index is 0.933. The summed E-state index contributed by atoms with van der Waals surface area (Å²) in [5, 5.41) is 4.00. The first-order chi connectivity index (χ1) is 4.92. The van der Waals surface area contributed by atoms with Crippen LogP contribution >= 0.6 is 0 Å². The molecule has 0 fully saturated rings. The van der Waals surface area contributed by atoms with Crippen molar-refractivity contribution in [2.45, 2.75) is 0 Å². The van der Waals surface area contributed by atoms with Crippen LogP contribution in [0, 0.1) is 0 Å². The van der Waals surface area contributed by atoms with Crippen LogP contribution in [0.3, 0.4) is 0 Å². The molecule has 4 nitrogen and oxygen atoms in total. The number of hydrogen-bond donors (Lipinski definition) is 0. The lowest BCUT2D eigenvalue weighted by Gasteiger charge is -1.96. The average molecular weight is 137 g/mol. The highest BCUT2D eigenvalue weighted by molar-refractivity contribution is 5.36. The van der Waals surface area contributed by atoms with Crippen LogP contribution in [0.4, 0.5) is 0 Å². The lowest BCUT2D eigenvalue weighted by Crippen LogP contribution is -2.02. The Morgan fingerprint density at radius 3 is 3.20 bits per heavy atom. The topological polar surface area (TPSA) is 31.5 Å². The van der Waals surface area contributed by atoms with Crippen LogP contribution in [0.5, 0.6) is 0 Å². The third-order valence-corrected chi connectivity index (χ3v) is 1.42. The zero-order valence-electron chi connectivity index (χ0n) is 5.56. The Balaban J connectivity index is 2.76. The summed E-state index contributed by atoms with van der Waals surface area (Å²) in [6.07, 6.45) is 5.37. The zero-order valence-corrected chi connectivity index (χ0v) is 5.56. The molecular weight excluding hydrogens is 130 g/mol. The van der Waals surface area contributed by atoms with Crippen molar-refractivity contribution in [2.24, 2.45) is 0 Å². The minimum Gasteiger partial charge on any atom is -0.416 e. The van der Waals surface area contributed by atoms with Crippen LogP contribution in [0.15, 0.2) is 24.7 Å². The number of hydrogen-bond acceptors (Lipinski definition) is 2. The number of rotatable bonds is 1. The van der Waals surface area contributed by atoms with Crippen LogP contribution < -0.4 is 4.84 Å². The van der Waals surface area contributed by atoms with Gasteiger partial charge in [0.05, 0.1) is 18.6 Å². The van der Waals surface area contributed by atoms with Crippen molar-refractivity contribution < 1.29 is 4.84 Å². The summed E-state index contributed by atoms with van der Waals surface area (Å²) in [7, 11) is 1.62. The lowest BCUT2D eigenvalue weighted by molar-refractivity contribution is 0.178. The van der Waals surface area contributed by atoms with Gasteiger partial charge >= 0.3 is 0 Å². The smallest absolute Gasteiger partial charge is 0.170 e. The van der Waals surface area contributed by atoms with Crippen molar-refractivity contribution in [3.63, 3.8) is 0 Å². The van der Waals surface area contributed by atoms with Crippen LogP contribution in [0.1, 0.15) is 0 Å². The van der Waals surface area contributed by atoms with E-state index in [9.17, 15) is 0 Å². The maximum absolute atomic E-state index is 4.98. The SMILES string of the molecule is COn1ccn2nccc12. The third-order valence-electron chi connectivity index (χ3n) is 1.42. The van der Waals surface area contributed by atoms with Gasteiger partial charge in [-0.3, -0.25) is 0 Å². The minimum atomic E-state index is 0.933. The van der Waals surface area contributed by atoms with E-state index in [-0.39, 0.29) is 0 Å². The van der Waals surface area contributed by atoms with E-state index in [2.05, 4.69) is 5.10 Å². The maximum atomic E-state index is 4.98. The van der Waals surface area contributed by atoms with E-state index in [4.69, 9.17) is 4.84 Å². The second-order valence-corrected chi connectivity index (χ2v) is 1.94. The Bertz CT molecular complexity index is 335. The molecule has 0 N–H and O–H groups in total. The molecule has 2 aromatic rings. The average Bonchev–Trinajstić information content (AvgIpc) is 2.44. The van der Waals surface area contributed by atoms with Gasteiger partial charge in [0.1, 0.15) is 7.11 Å². The molecule has 0 spiro atoms. The summed E-state index contributed by atoms with van der Waals surface area (Å²) in [6, 6.07) is 1.88. The Morgan fingerprint density at radius 1 is 1.50 bits per heavy atom. The van der Waals surface area contributed by atoms with Gasteiger partial charge in [0.15, 0.2) is 5.65 Å². The van der Waals surface area contributed by atoms with E-state index in [1.54, 1.807) is 22.6 Å². The molecule has 10 heavy (non-hydrogen) atoms. The van der Waals surface area contributed by atoms with Crippen LogP contribution in [-0.2, 0) is 0 Å². The summed E-state index contributed by atoms with van der Waals surface area (Å²) in [5.41, 5.74) is 0.933. The number of nitrogens with zero attached hydrogens (tertiary/aromatic N) is 3. The highest BCUT2D eigenvalue weighted by atomic mass is 16.6. The molecule has 2 aromatic heterocycles. The molecule has 0 saturated carbocycles. The van der Waals surface area contributed by atoms with Crippen molar-refractivity contribution >= 4 is 5.65 Å². The van der Waals surface area contributed by atoms with Crippen molar-refractivity contribution in [1.29, 1.82) is 0 Å². The molecule has 2 heterocycles. The van der Waals surface area contributed by atoms with Crippen molar-refractivity contribution in [2.75, 3.05) is 7.11 Å². The summed E-state index contributed by atoms with van der Waals surface area (Å²) < 4.78 is 3.39. The Hall–Kier alpha value is -1.45. The molecule has 0 saturated heterocycles. The van der Waals surface area contributed by atoms with Crippen LogP contribution in [0.2, 0.25) is 0 Å². The summed E-state index contributed by atoms with van der Waals surface area (Å²) >= 11 is 0. The largest absolute Gasteiger partial charge is 0.416 e. The van der Waals surface area contributed by atoms with Gasteiger partial charge in [0.2, 0.25) is 0 Å². The number of imidazole rings is 1. The van der Waals surface area contributed by atoms with E-state index in [0.717, 1.165) is 5.65 Å². The molecule has 0 bridgehead atoms. The van der Waals surface area contributed by atoms with E-state index in [1.165, 1.54) is 0 Å². The predicted molar refractivity (Wildman–Crippen MR) is 35.7 cm³/mol. The fourth-order valence-electron chi connectivity index (χ4n) is 0.951. The van der Waals surface area contributed by atoms with Gasteiger partial charge in [-0.05, 0) is 0 Å². The molecular formula is C6H7N3O. The molecule has 0 atom stereocenters. The molecule has 0 unspecified atom stereocenters. The van der Waals surface area contributed by atoms with Gasteiger partial charge in [0.25, 0.3) is 0 Å². The molecule has 4 heteroatoms. The molecule has 52 valence electrons. The number of fused-ring (bicyclic) bond motifs is 1. The first-order valence-corrected chi connectivity index (χ1v) is 2.97. The van der Waals surface area contributed by atoms with E-state index >= 15 is 0 Å². The third kappa shape index (κ3) is 0.528. The molecule has 0 amide bonds. The molecule has 0 aliphatic heterocycles. The van der Waals surface area contributed by atoms with E-state index < -0.39 is 0 Å². The van der Waals surface area contributed by atoms with Gasteiger partial charge in [-0.25, -0.2) is 4.52 Å². The molecule has 0 radical (unpaired) electrons. The Labute approximate surface area is 57.6 Å². The van der Waals surface area contributed by atoms with Crippen molar-refractivity contribution in [3.8, 4) is 0 Å². The predicted octanol–water partition coefficient (Wildman–Crippen LogP) is 0.194. The van der Waals surface area contributed by atoms with Gasteiger partial charge in [-0.1, -0.05) is 0 Å². The lowest BCUT2D eigenvalue weighted by atomic mass is 10.7. The van der Waals surface area contributed by atoms with Gasteiger partial charge < -0.3 is 4.84 Å². The van der Waals surface area contributed by atoms with Crippen LogP contribution in [-0.4, -0.2) is 21.5 Å². The van der Waals surface area contributed by atoms with E-state index in [1.807, 2.05) is 18.5 Å². The monoisotopic (exact) mass is 137 g/mol. The number of aromatic nitrogens is 3. The second-order valence-electron chi connectivity index (χ2n) is 1.94. The first kappa shape index (κ1) is 5.34. The molecule has 0 aliphatic carbocycles. The normalized spacial score (nSPS) is 10.5. The van der Waals surface area contributed by atoms with Crippen LogP contribution in [0.25, 0.3) is 5.65 Å².